The van der Waals surface area contributed by atoms with Gasteiger partial charge in [-0.05, 0) is 68.8 Å². The number of carbonyl (C=O) groups excluding carboxylic acids is 7. The van der Waals surface area contributed by atoms with Crippen molar-refractivity contribution in [2.45, 2.75) is 130 Å². The molecule has 1 aromatic carbocycles. The minimum absolute atomic E-state index is 0.00278. The second kappa shape index (κ2) is 35.4. The molecule has 3 heterocycles. The first-order valence-corrected chi connectivity index (χ1v) is 28.7. The molecule has 6 N–H and O–H groups in total. The Morgan fingerprint density at radius 3 is 2.12 bits per heavy atom. The second-order valence-electron chi connectivity index (χ2n) is 20.6. The van der Waals surface area contributed by atoms with E-state index in [0.29, 0.717) is 29.2 Å². The number of amides is 6. The smallest absolute Gasteiger partial charge is 0.306 e. The quantitative estimate of drug-likeness (QED) is 0.0908. The zero-order valence-electron chi connectivity index (χ0n) is 48.2. The lowest BCUT2D eigenvalue weighted by atomic mass is 9.92. The van der Waals surface area contributed by atoms with E-state index in [0.717, 1.165) is 30.7 Å². The average molecular weight is 1150 g/mol. The number of rotatable bonds is 18. The highest BCUT2D eigenvalue weighted by molar-refractivity contribution is 7.09. The average Bonchev–Trinajstić information content (AvgIpc) is 3.93. The van der Waals surface area contributed by atoms with Gasteiger partial charge >= 0.3 is 11.9 Å². The van der Waals surface area contributed by atoms with Gasteiger partial charge in [0.15, 0.2) is 6.10 Å². The lowest BCUT2D eigenvalue weighted by Gasteiger charge is -2.38. The molecule has 24 heteroatoms. The maximum atomic E-state index is 14.4. The summed E-state index contributed by atoms with van der Waals surface area (Å²) in [5.74, 6) is -0.572. The lowest BCUT2D eigenvalue weighted by molar-refractivity contribution is -0.149. The van der Waals surface area contributed by atoms with E-state index in [4.69, 9.17) is 28.4 Å². The lowest BCUT2D eigenvalue weighted by Crippen LogP contribution is -2.58. The number of benzene rings is 1. The highest BCUT2D eigenvalue weighted by Gasteiger charge is 2.37. The number of carboxylic acids is 1. The first-order chi connectivity index (χ1) is 38.7. The van der Waals surface area contributed by atoms with Crippen molar-refractivity contribution in [1.82, 2.24) is 36.1 Å². The summed E-state index contributed by atoms with van der Waals surface area (Å²) >= 11 is 1.10. The maximum absolute atomic E-state index is 14.4. The first-order valence-electron chi connectivity index (χ1n) is 27.8. The Labute approximate surface area is 479 Å². The monoisotopic (exact) mass is 1150 g/mol. The summed E-state index contributed by atoms with van der Waals surface area (Å²) < 4.78 is 34.2. The molecule has 1 aromatic heterocycles. The molecule has 1 saturated heterocycles. The van der Waals surface area contributed by atoms with Crippen molar-refractivity contribution in [3.63, 3.8) is 0 Å². The molecular formula is C57H84N8O15S. The molecule has 0 saturated carbocycles. The number of ether oxygens (including phenoxy) is 6. The van der Waals surface area contributed by atoms with Crippen molar-refractivity contribution < 1.29 is 71.9 Å². The highest BCUT2D eigenvalue weighted by atomic mass is 32.1. The topological polar surface area (TPSA) is 292 Å². The number of aromatic nitrogens is 1. The van der Waals surface area contributed by atoms with Crippen LogP contribution < -0.4 is 31.3 Å². The summed E-state index contributed by atoms with van der Waals surface area (Å²) in [6.45, 7) is 17.2. The molecule has 0 radical (unpaired) electrons. The minimum atomic E-state index is -1.07. The molecule has 448 valence electrons. The Bertz CT molecular complexity index is 2500. The molecule has 7 atom stereocenters. The van der Waals surface area contributed by atoms with Crippen molar-refractivity contribution >= 4 is 64.4 Å². The largest absolute Gasteiger partial charge is 0.481 e. The van der Waals surface area contributed by atoms with Gasteiger partial charge in [0, 0.05) is 69.2 Å². The number of esters is 1. The Morgan fingerprint density at radius 2 is 1.53 bits per heavy atom. The first kappa shape index (κ1) is 67.0. The van der Waals surface area contributed by atoms with Crippen LogP contribution in [0.2, 0.25) is 0 Å². The van der Waals surface area contributed by atoms with E-state index in [1.165, 1.54) is 19.2 Å². The number of anilines is 1. The van der Waals surface area contributed by atoms with Crippen LogP contribution in [0.25, 0.3) is 0 Å². The summed E-state index contributed by atoms with van der Waals surface area (Å²) in [7, 11) is 3.61. The third-order valence-corrected chi connectivity index (χ3v) is 14.7. The molecular weight excluding hydrogens is 1070 g/mol. The third-order valence-electron chi connectivity index (χ3n) is 13.8. The van der Waals surface area contributed by atoms with Crippen LogP contribution in [0.5, 0.6) is 5.75 Å². The standard InChI is InChI=1S/C57H84N8O15S/c1-10-37(4)52(63-54(71)45-13-11-12-22-64(45)8)56(72)65(9)46(36(2)3)34-48(80-40(7)66)55-62-44(35-81-55)53(70)60-42(31-38(5)57(73)74)32-41-14-15-47-43(33-41)61-51(69)19-24-76-28-30-78-26-21-59-50(68)17-16-49(67)58-20-25-77-29-27-75-23-18-39(6)79-47/h14-15,33,35-38,42,45-46,48,52H,6,10-13,18-32,34H2,1-5,7-9H3,(H,58,67)(H,59,68)(H,60,70)(H,61,69)(H,63,71)(H,73,74)/t37-,38?,42+,45+,46?,48+,52-/m0/s1. The van der Waals surface area contributed by atoms with Gasteiger partial charge in [0.25, 0.3) is 17.7 Å². The van der Waals surface area contributed by atoms with Crippen LogP contribution >= 0.6 is 11.3 Å². The summed E-state index contributed by atoms with van der Waals surface area (Å²) in [5.41, 5.74) is 0.892. The minimum Gasteiger partial charge on any atom is -0.481 e. The molecule has 2 unspecified atom stereocenters. The van der Waals surface area contributed by atoms with Gasteiger partial charge in [-0.15, -0.1) is 11.3 Å². The van der Waals surface area contributed by atoms with E-state index in [1.807, 2.05) is 39.6 Å². The van der Waals surface area contributed by atoms with Crippen LogP contribution in [0.1, 0.15) is 120 Å². The fourth-order valence-corrected chi connectivity index (χ4v) is 9.84. The summed E-state index contributed by atoms with van der Waals surface area (Å²) in [5, 5.41) is 25.8. The number of nitrogens with one attached hydrogen (secondary N) is 5. The van der Waals surface area contributed by atoms with E-state index in [-0.39, 0.29) is 145 Å². The number of likely N-dealkylation sites (N-methyl/N-ethyl adjacent to an activating group) is 2. The molecule has 1 fully saturated rings. The van der Waals surface area contributed by atoms with Crippen molar-refractivity contribution in [1.29, 1.82) is 0 Å². The number of piperidine rings is 1. The zero-order chi connectivity index (χ0) is 59.4. The van der Waals surface area contributed by atoms with Crippen molar-refractivity contribution in [3.05, 3.63) is 52.2 Å². The van der Waals surface area contributed by atoms with Gasteiger partial charge < -0.3 is 65.0 Å². The van der Waals surface area contributed by atoms with E-state index in [2.05, 4.69) is 50.0 Å². The van der Waals surface area contributed by atoms with E-state index in [9.17, 15) is 43.5 Å². The predicted molar refractivity (Wildman–Crippen MR) is 302 cm³/mol. The number of nitrogens with zero attached hydrogens (tertiary/aromatic N) is 3. The van der Waals surface area contributed by atoms with E-state index in [1.54, 1.807) is 30.1 Å². The maximum Gasteiger partial charge on any atom is 0.306 e. The third kappa shape index (κ3) is 23.9. The molecule has 0 bridgehead atoms. The van der Waals surface area contributed by atoms with Gasteiger partial charge in [-0.2, -0.15) is 0 Å². The van der Waals surface area contributed by atoms with E-state index < -0.39 is 65.7 Å². The van der Waals surface area contributed by atoms with Crippen LogP contribution in [0.4, 0.5) is 5.69 Å². The number of carbonyl (C=O) groups is 8. The Morgan fingerprint density at radius 1 is 0.901 bits per heavy atom. The molecule has 0 spiro atoms. The van der Waals surface area contributed by atoms with Gasteiger partial charge in [-0.1, -0.05) is 60.1 Å². The van der Waals surface area contributed by atoms with Crippen molar-refractivity contribution in [2.24, 2.45) is 17.8 Å². The number of thiazole rings is 1. The fourth-order valence-electron chi connectivity index (χ4n) is 9.00. The van der Waals surface area contributed by atoms with Crippen molar-refractivity contribution in [3.8, 4) is 17.6 Å². The Balaban J connectivity index is 1.51. The molecule has 2 aliphatic heterocycles. The molecule has 6 amide bonds. The van der Waals surface area contributed by atoms with Gasteiger partial charge in [-0.3, -0.25) is 43.3 Å². The van der Waals surface area contributed by atoms with Crippen LogP contribution in [0, 0.1) is 29.6 Å². The second-order valence-corrected chi connectivity index (χ2v) is 21.5. The van der Waals surface area contributed by atoms with Crippen LogP contribution in [-0.2, 0) is 63.7 Å². The van der Waals surface area contributed by atoms with Gasteiger partial charge in [0.05, 0.1) is 82.7 Å². The molecule has 2 aliphatic rings. The van der Waals surface area contributed by atoms with Gasteiger partial charge in [0.1, 0.15) is 22.5 Å². The van der Waals surface area contributed by atoms with Crippen LogP contribution in [0.15, 0.2) is 35.9 Å². The van der Waals surface area contributed by atoms with Crippen molar-refractivity contribution in [2.75, 3.05) is 91.9 Å². The molecule has 0 aliphatic carbocycles. The van der Waals surface area contributed by atoms with Gasteiger partial charge in [-0.25, -0.2) is 4.98 Å². The number of hydrogen-bond acceptors (Lipinski definition) is 17. The van der Waals surface area contributed by atoms with Crippen LogP contribution in [-0.4, -0.2) is 178 Å². The fraction of sp³-hybridized carbons (Fsp3) is 0.632. The van der Waals surface area contributed by atoms with E-state index >= 15 is 0 Å². The number of carboxylic acid groups (broad SMARTS) is 1. The molecule has 81 heavy (non-hydrogen) atoms. The Hall–Kier alpha value is -6.49. The summed E-state index contributed by atoms with van der Waals surface area (Å²) in [6, 6.07) is 2.67. The molecule has 4 rings (SSSR count). The van der Waals surface area contributed by atoms with Crippen LogP contribution in [0.3, 0.4) is 0 Å². The SMILES string of the molecule is C=C1CCOCCOCCNC(=O)C#CC(=O)NCCOCCOCCC(=O)Nc2cc(C[C@@H](CC(C)C(=O)O)NC(=O)c3csc([C@@H](CC(C(C)C)N(C)C(=O)[C@@H](NC(=O)[C@H]4CCCCN4C)[C@@H](C)CC)OC(C)=O)n3)ccc2O1. The number of hydrogen-bond donors (Lipinski definition) is 6. The predicted octanol–water partition coefficient (Wildman–Crippen LogP) is 4.01. The number of aliphatic carboxylic acids is 1. The zero-order valence-corrected chi connectivity index (χ0v) is 49.0. The normalized spacial score (nSPS) is 19.5. The summed E-state index contributed by atoms with van der Waals surface area (Å²) in [6.07, 6.45) is 2.84. The highest BCUT2D eigenvalue weighted by Crippen LogP contribution is 2.32. The molecule has 2 aromatic rings. The summed E-state index contributed by atoms with van der Waals surface area (Å²) in [4.78, 5) is 113. The number of fused-ring (bicyclic) bond motifs is 1. The molecule has 23 nitrogen and oxygen atoms in total. The number of likely N-dealkylation sites (tertiary alicyclic amines) is 1. The Kier molecular flexibility index (Phi) is 29.3. The van der Waals surface area contributed by atoms with Gasteiger partial charge in [0.2, 0.25) is 17.7 Å².